The van der Waals surface area contributed by atoms with Crippen LogP contribution >= 0.6 is 11.6 Å². The second-order valence-electron chi connectivity index (χ2n) is 6.35. The number of aromatic hydroxyl groups is 1. The number of benzene rings is 1. The normalized spacial score (nSPS) is 14.8. The van der Waals surface area contributed by atoms with Crippen LogP contribution in [-0.4, -0.2) is 41.0 Å². The van der Waals surface area contributed by atoms with Crippen LogP contribution in [0.4, 0.5) is 0 Å². The lowest BCUT2D eigenvalue weighted by Crippen LogP contribution is -2.19. The highest BCUT2D eigenvalue weighted by Gasteiger charge is 2.20. The van der Waals surface area contributed by atoms with Crippen molar-refractivity contribution in [2.75, 3.05) is 19.8 Å². The van der Waals surface area contributed by atoms with Crippen molar-refractivity contribution >= 4 is 23.5 Å². The van der Waals surface area contributed by atoms with Crippen LogP contribution in [-0.2, 0) is 4.74 Å². The molecular formula is C19H21ClN2O4. The van der Waals surface area contributed by atoms with E-state index in [0.717, 1.165) is 23.3 Å². The molecule has 0 saturated heterocycles. The van der Waals surface area contributed by atoms with Crippen LogP contribution in [0, 0.1) is 0 Å². The molecular weight excluding hydrogens is 356 g/mol. The smallest absolute Gasteiger partial charge is 0.157 e. The summed E-state index contributed by atoms with van der Waals surface area (Å²) in [5.74, 6) is 0.0165. The van der Waals surface area contributed by atoms with E-state index in [1.165, 1.54) is 6.07 Å². The Labute approximate surface area is 157 Å². The second-order valence-corrected chi connectivity index (χ2v) is 6.76. The molecule has 0 amide bonds. The Morgan fingerprint density at radius 1 is 1.42 bits per heavy atom. The Morgan fingerprint density at radius 2 is 2.23 bits per heavy atom. The molecule has 2 aromatic rings. The lowest BCUT2D eigenvalue weighted by molar-refractivity contribution is 0.111. The number of aldehydes is 1. The molecule has 0 aliphatic carbocycles. The molecule has 0 atom stereocenters. The molecule has 0 radical (unpaired) electrons. The molecule has 1 aliphatic heterocycles. The summed E-state index contributed by atoms with van der Waals surface area (Å²) in [4.78, 5) is 11.3. The molecule has 3 rings (SSSR count). The minimum atomic E-state index is -0.272. The van der Waals surface area contributed by atoms with Crippen molar-refractivity contribution in [2.24, 2.45) is 0 Å². The van der Waals surface area contributed by atoms with E-state index in [0.29, 0.717) is 19.5 Å². The zero-order valence-corrected chi connectivity index (χ0v) is 15.5. The van der Waals surface area contributed by atoms with E-state index in [2.05, 4.69) is 18.9 Å². The van der Waals surface area contributed by atoms with Crippen molar-refractivity contribution in [3.63, 3.8) is 0 Å². The summed E-state index contributed by atoms with van der Waals surface area (Å²) >= 11 is 5.85. The first kappa shape index (κ1) is 18.5. The van der Waals surface area contributed by atoms with Gasteiger partial charge in [-0.05, 0) is 49.6 Å². The molecule has 26 heavy (non-hydrogen) atoms. The standard InChI is InChI=1S/C19H21ClN2O4/c1-12(2)22-17(5-7-21-22)14-6-8-25-10-13(14)11-26-18-4-3-16(20)19(24)15(18)9-23/h3-5,7,9,12,24H,6,8,10-11H2,1-2H3. The number of nitrogens with zero attached hydrogens (tertiary/aromatic N) is 2. The molecule has 7 heteroatoms. The quantitative estimate of drug-likeness (QED) is 0.774. The highest BCUT2D eigenvalue weighted by atomic mass is 35.5. The van der Waals surface area contributed by atoms with Crippen LogP contribution in [0.2, 0.25) is 5.02 Å². The van der Waals surface area contributed by atoms with Crippen molar-refractivity contribution in [3.05, 3.63) is 46.2 Å². The van der Waals surface area contributed by atoms with Crippen LogP contribution in [0.25, 0.3) is 5.57 Å². The van der Waals surface area contributed by atoms with Gasteiger partial charge in [0.25, 0.3) is 0 Å². The summed E-state index contributed by atoms with van der Waals surface area (Å²) in [5.41, 5.74) is 3.23. The van der Waals surface area contributed by atoms with Gasteiger partial charge in [-0.2, -0.15) is 5.10 Å². The lowest BCUT2D eigenvalue weighted by atomic mass is 10.0. The van der Waals surface area contributed by atoms with Gasteiger partial charge in [0.15, 0.2) is 6.29 Å². The predicted molar refractivity (Wildman–Crippen MR) is 99.0 cm³/mol. The molecule has 1 aromatic heterocycles. The van der Waals surface area contributed by atoms with E-state index in [4.69, 9.17) is 21.1 Å². The minimum absolute atomic E-state index is 0.0450. The van der Waals surface area contributed by atoms with Crippen LogP contribution in [0.5, 0.6) is 11.5 Å². The van der Waals surface area contributed by atoms with Gasteiger partial charge in [-0.3, -0.25) is 9.48 Å². The van der Waals surface area contributed by atoms with Gasteiger partial charge in [-0.25, -0.2) is 0 Å². The summed E-state index contributed by atoms with van der Waals surface area (Å²) in [7, 11) is 0. The van der Waals surface area contributed by atoms with E-state index < -0.39 is 0 Å². The number of carbonyl (C=O) groups excluding carboxylic acids is 1. The van der Waals surface area contributed by atoms with Gasteiger partial charge in [-0.15, -0.1) is 0 Å². The highest BCUT2D eigenvalue weighted by molar-refractivity contribution is 6.32. The predicted octanol–water partition coefficient (Wildman–Crippen LogP) is 3.89. The number of ether oxygens (including phenoxy) is 2. The number of halogens is 1. The van der Waals surface area contributed by atoms with Gasteiger partial charge in [0.1, 0.15) is 18.1 Å². The average Bonchev–Trinajstić information content (AvgIpc) is 3.13. The summed E-state index contributed by atoms with van der Waals surface area (Å²) in [6, 6.07) is 5.31. The monoisotopic (exact) mass is 376 g/mol. The maximum absolute atomic E-state index is 11.3. The van der Waals surface area contributed by atoms with Crippen LogP contribution < -0.4 is 4.74 Å². The number of hydrogen-bond acceptors (Lipinski definition) is 5. The molecule has 0 bridgehead atoms. The zero-order chi connectivity index (χ0) is 18.7. The van der Waals surface area contributed by atoms with Crippen LogP contribution in [0.1, 0.15) is 42.4 Å². The maximum Gasteiger partial charge on any atom is 0.157 e. The number of carbonyl (C=O) groups is 1. The van der Waals surface area contributed by atoms with Gasteiger partial charge in [0.05, 0.1) is 29.5 Å². The third kappa shape index (κ3) is 3.61. The van der Waals surface area contributed by atoms with E-state index in [-0.39, 0.29) is 34.7 Å². The largest absolute Gasteiger partial charge is 0.505 e. The third-order valence-electron chi connectivity index (χ3n) is 4.32. The number of aromatic nitrogens is 2. The molecule has 1 N–H and O–H groups in total. The van der Waals surface area contributed by atoms with E-state index >= 15 is 0 Å². The van der Waals surface area contributed by atoms with Crippen LogP contribution in [0.3, 0.4) is 0 Å². The van der Waals surface area contributed by atoms with E-state index in [1.54, 1.807) is 12.3 Å². The Hall–Kier alpha value is -2.31. The van der Waals surface area contributed by atoms with Gasteiger partial charge in [0.2, 0.25) is 0 Å². The molecule has 0 fully saturated rings. The van der Waals surface area contributed by atoms with Crippen molar-refractivity contribution in [2.45, 2.75) is 26.3 Å². The molecule has 2 heterocycles. The Morgan fingerprint density at radius 3 is 2.96 bits per heavy atom. The minimum Gasteiger partial charge on any atom is -0.505 e. The van der Waals surface area contributed by atoms with Gasteiger partial charge >= 0.3 is 0 Å². The van der Waals surface area contributed by atoms with Gasteiger partial charge in [0, 0.05) is 12.2 Å². The molecule has 0 unspecified atom stereocenters. The Balaban J connectivity index is 1.90. The van der Waals surface area contributed by atoms with Crippen molar-refractivity contribution in [3.8, 4) is 11.5 Å². The molecule has 0 spiro atoms. The van der Waals surface area contributed by atoms with Crippen molar-refractivity contribution < 1.29 is 19.4 Å². The maximum atomic E-state index is 11.3. The van der Waals surface area contributed by atoms with Crippen molar-refractivity contribution in [1.29, 1.82) is 0 Å². The summed E-state index contributed by atoms with van der Waals surface area (Å²) < 4.78 is 13.4. The molecule has 1 aliphatic rings. The number of rotatable bonds is 6. The Bertz CT molecular complexity index is 842. The van der Waals surface area contributed by atoms with E-state index in [1.807, 2.05) is 10.7 Å². The second kappa shape index (κ2) is 7.93. The first-order valence-corrected chi connectivity index (χ1v) is 8.82. The number of phenols is 1. The number of hydrogen-bond donors (Lipinski definition) is 1. The Kier molecular flexibility index (Phi) is 5.64. The van der Waals surface area contributed by atoms with E-state index in [9.17, 15) is 9.90 Å². The zero-order valence-electron chi connectivity index (χ0n) is 14.7. The van der Waals surface area contributed by atoms with Crippen LogP contribution in [0.15, 0.2) is 30.0 Å². The average molecular weight is 377 g/mol. The highest BCUT2D eigenvalue weighted by Crippen LogP contribution is 2.34. The SMILES string of the molecule is CC(C)n1nccc1C1=C(COc2ccc(Cl)c(O)c2C=O)COCC1. The lowest BCUT2D eigenvalue weighted by Gasteiger charge is -2.23. The first-order valence-electron chi connectivity index (χ1n) is 8.45. The fourth-order valence-electron chi connectivity index (χ4n) is 3.00. The topological polar surface area (TPSA) is 73.6 Å². The fraction of sp³-hybridized carbons (Fsp3) is 0.368. The first-order chi connectivity index (χ1) is 12.5. The molecule has 138 valence electrons. The fourth-order valence-corrected chi connectivity index (χ4v) is 3.17. The van der Waals surface area contributed by atoms with Gasteiger partial charge < -0.3 is 14.6 Å². The third-order valence-corrected chi connectivity index (χ3v) is 4.62. The summed E-state index contributed by atoms with van der Waals surface area (Å²) in [5, 5.41) is 14.4. The number of phenolic OH excluding ortho intramolecular Hbond substituents is 1. The molecule has 1 aromatic carbocycles. The van der Waals surface area contributed by atoms with Gasteiger partial charge in [-0.1, -0.05) is 11.6 Å². The van der Waals surface area contributed by atoms with Crippen molar-refractivity contribution in [1.82, 2.24) is 9.78 Å². The molecule has 6 nitrogen and oxygen atoms in total. The molecule has 0 saturated carbocycles. The summed E-state index contributed by atoms with van der Waals surface area (Å²) in [6.45, 7) is 5.51. The summed E-state index contributed by atoms with van der Waals surface area (Å²) in [6.07, 6.45) is 3.10.